The summed E-state index contributed by atoms with van der Waals surface area (Å²) in [6.45, 7) is 1.31. The highest BCUT2D eigenvalue weighted by atomic mass is 79.9. The molecule has 0 spiro atoms. The van der Waals surface area contributed by atoms with Crippen LogP contribution in [0.25, 0.3) is 4.48 Å². The molecule has 0 heterocycles. The number of carbonyl (C=O) groups excluding carboxylic acids is 1. The van der Waals surface area contributed by atoms with Crippen LogP contribution in [-0.4, -0.2) is 18.5 Å². The van der Waals surface area contributed by atoms with E-state index in [0.717, 1.165) is 12.1 Å². The van der Waals surface area contributed by atoms with Crippen LogP contribution >= 0.6 is 15.9 Å². The zero-order valence-corrected chi connectivity index (χ0v) is 11.0. The fourth-order valence-electron chi connectivity index (χ4n) is 1.14. The van der Waals surface area contributed by atoms with Crippen molar-refractivity contribution in [1.29, 1.82) is 0 Å². The lowest BCUT2D eigenvalue weighted by Gasteiger charge is -2.11. The average molecular weight is 323 g/mol. The van der Waals surface area contributed by atoms with Crippen molar-refractivity contribution < 1.29 is 22.7 Å². The van der Waals surface area contributed by atoms with Gasteiger partial charge < -0.3 is 4.74 Å². The van der Waals surface area contributed by atoms with E-state index in [1.165, 1.54) is 19.1 Å². The van der Waals surface area contributed by atoms with Crippen molar-refractivity contribution in [1.82, 2.24) is 0 Å². The first-order valence-corrected chi connectivity index (χ1v) is 5.85. The Labute approximate surface area is 111 Å². The molecule has 0 aliphatic heterocycles. The molecule has 98 valence electrons. The van der Waals surface area contributed by atoms with E-state index in [1.54, 1.807) is 0 Å². The van der Waals surface area contributed by atoms with Crippen LogP contribution in [0.1, 0.15) is 12.5 Å². The van der Waals surface area contributed by atoms with Crippen molar-refractivity contribution >= 4 is 26.4 Å². The molecule has 0 fully saturated rings. The van der Waals surface area contributed by atoms with E-state index in [2.05, 4.69) is 20.7 Å². The number of rotatable bonds is 4. The molecule has 1 aromatic carbocycles. The number of ether oxygens (including phenoxy) is 1. The fourth-order valence-corrected chi connectivity index (χ4v) is 1.69. The Morgan fingerprint density at radius 3 is 2.44 bits per heavy atom. The smallest absolute Gasteiger partial charge is 0.381 e. The van der Waals surface area contributed by atoms with Crippen LogP contribution in [0, 0.1) is 5.82 Å². The van der Waals surface area contributed by atoms with E-state index in [1.807, 2.05) is 0 Å². The third-order valence-electron chi connectivity index (χ3n) is 1.98. The third-order valence-corrected chi connectivity index (χ3v) is 2.66. The standard InChI is InChI=1S/C12H10BrF3O2/c1-2-18-11(17)12(15,16)7-10(13)8-3-5-9(14)6-4-8/h3-7H,2H2,1H3/b10-7-. The van der Waals surface area contributed by atoms with Gasteiger partial charge in [-0.05, 0) is 24.6 Å². The predicted molar refractivity (Wildman–Crippen MR) is 64.9 cm³/mol. The number of hydrogen-bond acceptors (Lipinski definition) is 2. The summed E-state index contributed by atoms with van der Waals surface area (Å²) in [5.41, 5.74) is 0.334. The van der Waals surface area contributed by atoms with Crippen molar-refractivity contribution in [2.75, 3.05) is 6.61 Å². The van der Waals surface area contributed by atoms with Gasteiger partial charge in [0.25, 0.3) is 0 Å². The van der Waals surface area contributed by atoms with Crippen molar-refractivity contribution in [2.24, 2.45) is 0 Å². The van der Waals surface area contributed by atoms with Crippen LogP contribution in [-0.2, 0) is 9.53 Å². The second-order valence-electron chi connectivity index (χ2n) is 3.34. The summed E-state index contributed by atoms with van der Waals surface area (Å²) in [6.07, 6.45) is 0.429. The first-order chi connectivity index (χ1) is 8.36. The van der Waals surface area contributed by atoms with Crippen LogP contribution in [0.3, 0.4) is 0 Å². The van der Waals surface area contributed by atoms with Crippen LogP contribution in [0.4, 0.5) is 13.2 Å². The lowest BCUT2D eigenvalue weighted by molar-refractivity contribution is -0.164. The topological polar surface area (TPSA) is 26.3 Å². The lowest BCUT2D eigenvalue weighted by atomic mass is 10.2. The van der Waals surface area contributed by atoms with Gasteiger partial charge in [-0.15, -0.1) is 0 Å². The molecule has 0 N–H and O–H groups in total. The molecule has 0 saturated heterocycles. The van der Waals surface area contributed by atoms with Gasteiger partial charge >= 0.3 is 11.9 Å². The highest BCUT2D eigenvalue weighted by Gasteiger charge is 2.38. The molecule has 0 unspecified atom stereocenters. The van der Waals surface area contributed by atoms with E-state index in [9.17, 15) is 18.0 Å². The third kappa shape index (κ3) is 3.87. The molecule has 2 nitrogen and oxygen atoms in total. The van der Waals surface area contributed by atoms with Crippen LogP contribution in [0.2, 0.25) is 0 Å². The van der Waals surface area contributed by atoms with E-state index in [4.69, 9.17) is 0 Å². The zero-order valence-electron chi connectivity index (χ0n) is 9.42. The Morgan fingerprint density at radius 2 is 1.94 bits per heavy atom. The number of esters is 1. The molecule has 0 aliphatic rings. The molecule has 0 saturated carbocycles. The highest BCUT2D eigenvalue weighted by Crippen LogP contribution is 2.28. The summed E-state index contributed by atoms with van der Waals surface area (Å²) in [5, 5.41) is 0. The highest BCUT2D eigenvalue weighted by molar-refractivity contribution is 9.15. The molecule has 0 aromatic heterocycles. The van der Waals surface area contributed by atoms with Crippen LogP contribution in [0.5, 0.6) is 0 Å². The molecule has 0 radical (unpaired) electrons. The molecule has 1 rings (SSSR count). The first kappa shape index (κ1) is 14.8. The Balaban J connectivity index is 2.94. The SMILES string of the molecule is CCOC(=O)C(F)(F)/C=C(\Br)c1ccc(F)cc1. The molecule has 0 aliphatic carbocycles. The predicted octanol–water partition coefficient (Wildman–Crippen LogP) is 3.76. The number of alkyl halides is 2. The van der Waals surface area contributed by atoms with Crippen molar-refractivity contribution in [2.45, 2.75) is 12.8 Å². The monoisotopic (exact) mass is 322 g/mol. The largest absolute Gasteiger partial charge is 0.461 e. The van der Waals surface area contributed by atoms with Gasteiger partial charge in [0.15, 0.2) is 0 Å². The zero-order chi connectivity index (χ0) is 13.8. The molecule has 6 heteroatoms. The van der Waals surface area contributed by atoms with Crippen molar-refractivity contribution in [3.8, 4) is 0 Å². The van der Waals surface area contributed by atoms with E-state index in [0.29, 0.717) is 11.6 Å². The van der Waals surface area contributed by atoms with E-state index >= 15 is 0 Å². The molecular formula is C12H10BrF3O2. The Bertz CT molecular complexity index is 455. The summed E-state index contributed by atoms with van der Waals surface area (Å²) in [4.78, 5) is 11.0. The van der Waals surface area contributed by atoms with Gasteiger partial charge in [-0.1, -0.05) is 28.1 Å². The van der Waals surface area contributed by atoms with Gasteiger partial charge in [0.05, 0.1) is 6.61 Å². The number of hydrogen-bond donors (Lipinski definition) is 0. The minimum Gasteiger partial charge on any atom is -0.461 e. The van der Waals surface area contributed by atoms with Gasteiger partial charge in [0.1, 0.15) is 5.82 Å². The summed E-state index contributed by atoms with van der Waals surface area (Å²) in [6, 6.07) is 4.90. The summed E-state index contributed by atoms with van der Waals surface area (Å²) in [5.74, 6) is -5.83. The van der Waals surface area contributed by atoms with Gasteiger partial charge in [0, 0.05) is 10.6 Å². The van der Waals surface area contributed by atoms with Crippen LogP contribution < -0.4 is 0 Å². The lowest BCUT2D eigenvalue weighted by Crippen LogP contribution is -2.28. The van der Waals surface area contributed by atoms with Gasteiger partial charge in [0.2, 0.25) is 0 Å². The summed E-state index contributed by atoms with van der Waals surface area (Å²) >= 11 is 2.92. The summed E-state index contributed by atoms with van der Waals surface area (Å²) in [7, 11) is 0. The Hall–Kier alpha value is -1.30. The average Bonchev–Trinajstić information content (AvgIpc) is 2.29. The Kier molecular flexibility index (Phi) is 4.95. The van der Waals surface area contributed by atoms with Gasteiger partial charge in [-0.25, -0.2) is 9.18 Å². The molecule has 0 amide bonds. The number of halogens is 4. The minimum absolute atomic E-state index is 0.0134. The summed E-state index contributed by atoms with van der Waals surface area (Å²) < 4.78 is 43.6. The van der Waals surface area contributed by atoms with Crippen molar-refractivity contribution in [3.63, 3.8) is 0 Å². The maximum atomic E-state index is 13.4. The minimum atomic E-state index is -3.73. The second kappa shape index (κ2) is 6.04. The Morgan fingerprint density at radius 1 is 1.39 bits per heavy atom. The maximum Gasteiger partial charge on any atom is 0.381 e. The van der Waals surface area contributed by atoms with Gasteiger partial charge in [-0.3, -0.25) is 0 Å². The molecule has 0 bridgehead atoms. The molecule has 18 heavy (non-hydrogen) atoms. The van der Waals surface area contributed by atoms with Crippen molar-refractivity contribution in [3.05, 3.63) is 41.7 Å². The van der Waals surface area contributed by atoms with E-state index in [-0.39, 0.29) is 11.1 Å². The molecular weight excluding hydrogens is 313 g/mol. The number of carbonyl (C=O) groups is 1. The van der Waals surface area contributed by atoms with E-state index < -0.39 is 17.7 Å². The fraction of sp³-hybridized carbons (Fsp3) is 0.250. The first-order valence-electron chi connectivity index (χ1n) is 5.06. The normalized spacial score (nSPS) is 12.4. The van der Waals surface area contributed by atoms with Crippen LogP contribution in [0.15, 0.2) is 30.3 Å². The maximum absolute atomic E-state index is 13.4. The molecule has 0 atom stereocenters. The number of benzene rings is 1. The quantitative estimate of drug-likeness (QED) is 0.789. The van der Waals surface area contributed by atoms with Gasteiger partial charge in [-0.2, -0.15) is 8.78 Å². The molecule has 1 aromatic rings. The second-order valence-corrected chi connectivity index (χ2v) is 4.20.